The Morgan fingerprint density at radius 2 is 2.04 bits per heavy atom. The van der Waals surface area contributed by atoms with Crippen molar-refractivity contribution in [1.82, 2.24) is 20.2 Å². The third-order valence-electron chi connectivity index (χ3n) is 3.58. The summed E-state index contributed by atoms with van der Waals surface area (Å²) in [6.07, 6.45) is 1.49. The number of aromatic nitrogens is 4. The molecule has 3 aromatic rings. The Kier molecular flexibility index (Phi) is 5.33. The number of ether oxygens (including phenoxy) is 2. The van der Waals surface area contributed by atoms with E-state index in [9.17, 15) is 4.79 Å². The van der Waals surface area contributed by atoms with Crippen LogP contribution in [0.5, 0.6) is 11.5 Å². The number of tetrazole rings is 1. The summed E-state index contributed by atoms with van der Waals surface area (Å²) in [5, 5.41) is 14.3. The zero-order chi connectivity index (χ0) is 18.5. The van der Waals surface area contributed by atoms with E-state index in [-0.39, 0.29) is 12.5 Å². The average Bonchev–Trinajstić information content (AvgIpc) is 3.18. The number of rotatable bonds is 6. The van der Waals surface area contributed by atoms with Crippen molar-refractivity contribution in [1.29, 1.82) is 0 Å². The Hall–Kier alpha value is -3.13. The van der Waals surface area contributed by atoms with Gasteiger partial charge in [-0.15, -0.1) is 5.10 Å². The average molecular weight is 374 g/mol. The predicted octanol–water partition coefficient (Wildman–Crippen LogP) is 2.65. The smallest absolute Gasteiger partial charge is 0.262 e. The van der Waals surface area contributed by atoms with E-state index in [2.05, 4.69) is 20.8 Å². The van der Waals surface area contributed by atoms with Crippen LogP contribution >= 0.6 is 11.6 Å². The number of anilines is 1. The topological polar surface area (TPSA) is 91.2 Å². The first kappa shape index (κ1) is 17.7. The fourth-order valence-corrected chi connectivity index (χ4v) is 2.39. The van der Waals surface area contributed by atoms with Gasteiger partial charge in [-0.3, -0.25) is 4.79 Å². The van der Waals surface area contributed by atoms with Gasteiger partial charge in [0, 0.05) is 11.1 Å². The van der Waals surface area contributed by atoms with Crippen LogP contribution in [0, 0.1) is 6.92 Å². The van der Waals surface area contributed by atoms with E-state index < -0.39 is 0 Å². The Morgan fingerprint density at radius 1 is 1.27 bits per heavy atom. The highest BCUT2D eigenvalue weighted by Crippen LogP contribution is 2.30. The second-order valence-electron chi connectivity index (χ2n) is 5.39. The van der Waals surface area contributed by atoms with Gasteiger partial charge in [0.15, 0.2) is 6.61 Å². The molecule has 1 N–H and O–H groups in total. The summed E-state index contributed by atoms with van der Waals surface area (Å²) in [5.41, 5.74) is 2.16. The van der Waals surface area contributed by atoms with Crippen LogP contribution in [0.3, 0.4) is 0 Å². The molecule has 0 spiro atoms. The molecule has 9 heteroatoms. The molecule has 0 saturated carbocycles. The largest absolute Gasteiger partial charge is 0.495 e. The molecule has 26 heavy (non-hydrogen) atoms. The minimum Gasteiger partial charge on any atom is -0.495 e. The lowest BCUT2D eigenvalue weighted by atomic mass is 10.2. The molecule has 1 aromatic heterocycles. The molecule has 2 aromatic carbocycles. The quantitative estimate of drug-likeness (QED) is 0.714. The Morgan fingerprint density at radius 3 is 2.69 bits per heavy atom. The zero-order valence-electron chi connectivity index (χ0n) is 14.1. The molecule has 0 bridgehead atoms. The maximum atomic E-state index is 12.1. The Labute approximate surface area is 154 Å². The van der Waals surface area contributed by atoms with Gasteiger partial charge in [0.2, 0.25) is 0 Å². The Balaban J connectivity index is 1.60. The van der Waals surface area contributed by atoms with Crippen LogP contribution in [-0.4, -0.2) is 39.8 Å². The van der Waals surface area contributed by atoms with Gasteiger partial charge in [0.1, 0.15) is 17.8 Å². The van der Waals surface area contributed by atoms with Crippen molar-refractivity contribution in [2.24, 2.45) is 0 Å². The van der Waals surface area contributed by atoms with E-state index in [4.69, 9.17) is 21.1 Å². The number of benzene rings is 2. The lowest BCUT2D eigenvalue weighted by Crippen LogP contribution is -2.20. The van der Waals surface area contributed by atoms with E-state index in [1.165, 1.54) is 18.1 Å². The number of hydrogen-bond acceptors (Lipinski definition) is 6. The maximum absolute atomic E-state index is 12.1. The van der Waals surface area contributed by atoms with Crippen molar-refractivity contribution in [2.75, 3.05) is 19.0 Å². The van der Waals surface area contributed by atoms with E-state index in [1.807, 2.05) is 6.92 Å². The predicted molar refractivity (Wildman–Crippen MR) is 96.0 cm³/mol. The summed E-state index contributed by atoms with van der Waals surface area (Å²) in [4.78, 5) is 12.1. The van der Waals surface area contributed by atoms with Crippen LogP contribution in [0.2, 0.25) is 5.02 Å². The van der Waals surface area contributed by atoms with Crippen molar-refractivity contribution in [3.8, 4) is 17.2 Å². The Bertz CT molecular complexity index is 898. The number of nitrogens with zero attached hydrogens (tertiary/aromatic N) is 4. The van der Waals surface area contributed by atoms with Gasteiger partial charge >= 0.3 is 0 Å². The van der Waals surface area contributed by atoms with Crippen molar-refractivity contribution in [2.45, 2.75) is 6.92 Å². The van der Waals surface area contributed by atoms with Crippen LogP contribution in [0.25, 0.3) is 5.69 Å². The van der Waals surface area contributed by atoms with Crippen molar-refractivity contribution < 1.29 is 14.3 Å². The SMILES string of the molecule is COc1cc(Cl)c(C)cc1NC(=O)COc1ccc(-n2cnnn2)cc1. The second kappa shape index (κ2) is 7.83. The van der Waals surface area contributed by atoms with Crippen LogP contribution in [-0.2, 0) is 4.79 Å². The van der Waals surface area contributed by atoms with Crippen LogP contribution in [0.15, 0.2) is 42.7 Å². The highest BCUT2D eigenvalue weighted by Gasteiger charge is 2.11. The molecule has 0 aliphatic rings. The summed E-state index contributed by atoms with van der Waals surface area (Å²) >= 11 is 6.06. The van der Waals surface area contributed by atoms with Gasteiger partial charge in [-0.2, -0.15) is 0 Å². The number of nitrogens with one attached hydrogen (secondary N) is 1. The van der Waals surface area contributed by atoms with Crippen molar-refractivity contribution in [3.63, 3.8) is 0 Å². The van der Waals surface area contributed by atoms with E-state index in [1.54, 1.807) is 36.4 Å². The fraction of sp³-hybridized carbons (Fsp3) is 0.176. The molecule has 0 atom stereocenters. The molecule has 0 fully saturated rings. The molecule has 134 valence electrons. The van der Waals surface area contributed by atoms with Gasteiger partial charge in [0.05, 0.1) is 18.5 Å². The molecular weight excluding hydrogens is 358 g/mol. The van der Waals surface area contributed by atoms with Crippen LogP contribution in [0.4, 0.5) is 5.69 Å². The monoisotopic (exact) mass is 373 g/mol. The first-order valence-electron chi connectivity index (χ1n) is 7.67. The highest BCUT2D eigenvalue weighted by atomic mass is 35.5. The summed E-state index contributed by atoms with van der Waals surface area (Å²) < 4.78 is 12.3. The summed E-state index contributed by atoms with van der Waals surface area (Å²) in [7, 11) is 1.51. The lowest BCUT2D eigenvalue weighted by molar-refractivity contribution is -0.118. The molecule has 1 amide bonds. The number of carbonyl (C=O) groups excluding carboxylic acids is 1. The molecule has 0 unspecified atom stereocenters. The molecular formula is C17H16ClN5O3. The number of aryl methyl sites for hydroxylation is 1. The lowest BCUT2D eigenvalue weighted by Gasteiger charge is -2.13. The molecule has 0 aliphatic carbocycles. The number of amides is 1. The second-order valence-corrected chi connectivity index (χ2v) is 5.79. The summed E-state index contributed by atoms with van der Waals surface area (Å²) in [6, 6.07) is 10.4. The standard InChI is InChI=1S/C17H16ClN5O3/c1-11-7-15(16(25-2)8-14(11)18)20-17(24)9-26-13-5-3-12(4-6-13)23-10-19-21-22-23/h3-8,10H,9H2,1-2H3,(H,20,24). The molecule has 3 rings (SSSR count). The maximum Gasteiger partial charge on any atom is 0.262 e. The van der Waals surface area contributed by atoms with Crippen molar-refractivity contribution in [3.05, 3.63) is 53.3 Å². The number of methoxy groups -OCH3 is 1. The minimum absolute atomic E-state index is 0.144. The van der Waals surface area contributed by atoms with Gasteiger partial charge in [0.25, 0.3) is 5.91 Å². The van der Waals surface area contributed by atoms with Crippen molar-refractivity contribution >= 4 is 23.2 Å². The first-order valence-corrected chi connectivity index (χ1v) is 8.05. The highest BCUT2D eigenvalue weighted by molar-refractivity contribution is 6.31. The van der Waals surface area contributed by atoms with Gasteiger partial charge in [-0.25, -0.2) is 4.68 Å². The normalized spacial score (nSPS) is 10.4. The zero-order valence-corrected chi connectivity index (χ0v) is 14.9. The van der Waals surface area contributed by atoms with Gasteiger partial charge in [-0.05, 0) is 53.2 Å². The molecule has 1 heterocycles. The van der Waals surface area contributed by atoms with Gasteiger partial charge in [-0.1, -0.05) is 11.6 Å². The van der Waals surface area contributed by atoms with E-state index in [0.29, 0.717) is 22.2 Å². The van der Waals surface area contributed by atoms with Crippen LogP contribution < -0.4 is 14.8 Å². The fourth-order valence-electron chi connectivity index (χ4n) is 2.24. The minimum atomic E-state index is -0.311. The number of carbonyl (C=O) groups is 1. The third-order valence-corrected chi connectivity index (χ3v) is 3.98. The van der Waals surface area contributed by atoms with E-state index >= 15 is 0 Å². The van der Waals surface area contributed by atoms with Gasteiger partial charge < -0.3 is 14.8 Å². The first-order chi connectivity index (χ1) is 12.6. The molecule has 0 aliphatic heterocycles. The number of hydrogen-bond donors (Lipinski definition) is 1. The third kappa shape index (κ3) is 4.09. The summed E-state index contributed by atoms with van der Waals surface area (Å²) in [6.45, 7) is 1.70. The van der Waals surface area contributed by atoms with Crippen LogP contribution in [0.1, 0.15) is 5.56 Å². The molecule has 8 nitrogen and oxygen atoms in total. The summed E-state index contributed by atoms with van der Waals surface area (Å²) in [5.74, 6) is 0.727. The molecule has 0 saturated heterocycles. The molecule has 0 radical (unpaired) electrons. The number of halogens is 1. The van der Waals surface area contributed by atoms with E-state index in [0.717, 1.165) is 11.3 Å².